The summed E-state index contributed by atoms with van der Waals surface area (Å²) in [7, 11) is 0. The highest BCUT2D eigenvalue weighted by molar-refractivity contribution is 5.94. The van der Waals surface area contributed by atoms with Crippen molar-refractivity contribution in [2.24, 2.45) is 0 Å². The molecule has 3 amide bonds. The van der Waals surface area contributed by atoms with Gasteiger partial charge in [-0.05, 0) is 38.8 Å². The Morgan fingerprint density at radius 3 is 2.33 bits per heavy atom. The molecule has 2 aromatic heterocycles. The maximum absolute atomic E-state index is 13.4. The Kier molecular flexibility index (Phi) is 7.66. The number of alkyl halides is 3. The fourth-order valence-corrected chi connectivity index (χ4v) is 5.19. The lowest BCUT2D eigenvalue weighted by Crippen LogP contribution is -2.44. The summed E-state index contributed by atoms with van der Waals surface area (Å²) in [5.74, 6) is -2.04. The van der Waals surface area contributed by atoms with Crippen molar-refractivity contribution < 1.29 is 32.7 Å². The number of nitrogens with one attached hydrogen (secondary N) is 1. The van der Waals surface area contributed by atoms with Crippen LogP contribution in [0.25, 0.3) is 0 Å². The average molecular weight is 551 g/mol. The number of aromatic nitrogens is 3. The van der Waals surface area contributed by atoms with Gasteiger partial charge in [0.2, 0.25) is 0 Å². The fourth-order valence-electron chi connectivity index (χ4n) is 5.19. The van der Waals surface area contributed by atoms with E-state index in [-0.39, 0.29) is 35.5 Å². The van der Waals surface area contributed by atoms with Crippen molar-refractivity contribution >= 4 is 17.9 Å². The van der Waals surface area contributed by atoms with Crippen LogP contribution in [0.1, 0.15) is 54.1 Å². The second-order valence-corrected chi connectivity index (χ2v) is 10.1. The molecule has 0 radical (unpaired) electrons. The third-order valence-corrected chi connectivity index (χ3v) is 7.11. The number of hydrogen-bond acceptors (Lipinski definition) is 6. The van der Waals surface area contributed by atoms with E-state index < -0.39 is 12.1 Å². The van der Waals surface area contributed by atoms with Crippen molar-refractivity contribution in [1.29, 1.82) is 0 Å². The predicted molar refractivity (Wildman–Crippen MR) is 131 cm³/mol. The van der Waals surface area contributed by atoms with Crippen molar-refractivity contribution in [3.63, 3.8) is 0 Å². The molecular formula is C25H29F3N6O5. The molecule has 0 saturated carbocycles. The molecule has 0 aliphatic carbocycles. The van der Waals surface area contributed by atoms with Crippen LogP contribution in [0.4, 0.5) is 18.0 Å². The highest BCUT2D eigenvalue weighted by atomic mass is 19.4. The minimum Gasteiger partial charge on any atom is -0.475 e. The van der Waals surface area contributed by atoms with E-state index in [1.54, 1.807) is 34.0 Å². The van der Waals surface area contributed by atoms with E-state index in [2.05, 4.69) is 10.3 Å². The number of likely N-dealkylation sites (tertiary alicyclic amines) is 1. The molecule has 1 atom stereocenters. The Morgan fingerprint density at radius 2 is 1.72 bits per heavy atom. The number of carbonyl (C=O) groups excluding carboxylic acids is 2. The minimum absolute atomic E-state index is 0.0424. The van der Waals surface area contributed by atoms with Gasteiger partial charge in [0.1, 0.15) is 5.82 Å². The monoisotopic (exact) mass is 550 g/mol. The Morgan fingerprint density at radius 1 is 1.08 bits per heavy atom. The summed E-state index contributed by atoms with van der Waals surface area (Å²) in [6.45, 7) is 6.56. The Labute approximate surface area is 221 Å². The summed E-state index contributed by atoms with van der Waals surface area (Å²) < 4.78 is 33.5. The van der Waals surface area contributed by atoms with Crippen LogP contribution in [0.2, 0.25) is 0 Å². The molecule has 0 bridgehead atoms. The number of rotatable bonds is 2. The first-order chi connectivity index (χ1) is 18.3. The molecular weight excluding hydrogens is 521 g/mol. The smallest absolute Gasteiger partial charge is 0.475 e. The van der Waals surface area contributed by atoms with Gasteiger partial charge in [0.05, 0.1) is 17.8 Å². The fraction of sp³-hybridized carbons (Fsp3) is 0.520. The van der Waals surface area contributed by atoms with Gasteiger partial charge in [0, 0.05) is 62.0 Å². The molecule has 210 valence electrons. The largest absolute Gasteiger partial charge is 0.490 e. The first kappa shape index (κ1) is 28.0. The van der Waals surface area contributed by atoms with Crippen LogP contribution in [-0.2, 0) is 29.7 Å². The summed E-state index contributed by atoms with van der Waals surface area (Å²) in [5, 5.41) is 10.1. The molecule has 14 heteroatoms. The van der Waals surface area contributed by atoms with Gasteiger partial charge in [-0.15, -0.1) is 0 Å². The van der Waals surface area contributed by atoms with E-state index in [4.69, 9.17) is 14.9 Å². The van der Waals surface area contributed by atoms with Crippen molar-refractivity contribution in [3.8, 4) is 0 Å². The molecule has 2 aromatic rings. The maximum Gasteiger partial charge on any atom is 0.490 e. The van der Waals surface area contributed by atoms with Crippen LogP contribution in [-0.4, -0.2) is 79.2 Å². The van der Waals surface area contributed by atoms with Gasteiger partial charge in [0.25, 0.3) is 11.5 Å². The number of fused-ring (bicyclic) bond motifs is 3. The number of aliphatic carboxylic acids is 1. The quantitative estimate of drug-likeness (QED) is 0.583. The number of carboxylic acid groups (broad SMARTS) is 1. The Balaban J connectivity index is 0.000000448. The first-order valence-electron chi connectivity index (χ1n) is 12.5. The van der Waals surface area contributed by atoms with Crippen molar-refractivity contribution in [3.05, 3.63) is 57.5 Å². The third kappa shape index (κ3) is 5.73. The van der Waals surface area contributed by atoms with Crippen LogP contribution in [0, 0.1) is 0 Å². The van der Waals surface area contributed by atoms with Crippen LogP contribution >= 0.6 is 0 Å². The summed E-state index contributed by atoms with van der Waals surface area (Å²) in [6.07, 6.45) is 0.295. The lowest BCUT2D eigenvalue weighted by atomic mass is 9.85. The van der Waals surface area contributed by atoms with Crippen LogP contribution in [0.5, 0.6) is 0 Å². The molecule has 1 spiro atoms. The maximum atomic E-state index is 13.4. The second kappa shape index (κ2) is 10.7. The number of halogens is 3. The lowest BCUT2D eigenvalue weighted by molar-refractivity contribution is -0.192. The van der Waals surface area contributed by atoms with Crippen LogP contribution in [0.3, 0.4) is 0 Å². The summed E-state index contributed by atoms with van der Waals surface area (Å²) in [6, 6.07) is 3.41. The first-order valence-corrected chi connectivity index (χ1v) is 12.5. The van der Waals surface area contributed by atoms with Crippen molar-refractivity contribution in [1.82, 2.24) is 29.7 Å². The van der Waals surface area contributed by atoms with Gasteiger partial charge in [-0.2, -0.15) is 13.2 Å². The number of amides is 3. The van der Waals surface area contributed by atoms with Gasteiger partial charge in [-0.25, -0.2) is 14.6 Å². The number of pyridine rings is 1. The van der Waals surface area contributed by atoms with E-state index in [0.29, 0.717) is 43.7 Å². The topological polar surface area (TPSA) is 138 Å². The SMILES string of the molecule is CC(C)NC(=O)N1CCC2(CCn3c2nc2c(c3=O)CN(C(=O)c3ccncc3)CC2)C1.O=C(O)C(F)(F)F. The van der Waals surface area contributed by atoms with E-state index >= 15 is 0 Å². The molecule has 5 rings (SSSR count). The predicted octanol–water partition coefficient (Wildman–Crippen LogP) is 1.94. The number of carbonyl (C=O) groups is 3. The molecule has 0 aromatic carbocycles. The highest BCUT2D eigenvalue weighted by Gasteiger charge is 2.48. The molecule has 3 aliphatic heterocycles. The van der Waals surface area contributed by atoms with Crippen molar-refractivity contribution in [2.45, 2.75) is 63.8 Å². The molecule has 11 nitrogen and oxygen atoms in total. The van der Waals surface area contributed by atoms with E-state index in [0.717, 1.165) is 24.4 Å². The van der Waals surface area contributed by atoms with E-state index in [9.17, 15) is 27.6 Å². The molecule has 5 heterocycles. The van der Waals surface area contributed by atoms with Crippen molar-refractivity contribution in [2.75, 3.05) is 19.6 Å². The zero-order valence-corrected chi connectivity index (χ0v) is 21.5. The number of urea groups is 1. The lowest BCUT2D eigenvalue weighted by Gasteiger charge is -2.30. The molecule has 1 fully saturated rings. The zero-order chi connectivity index (χ0) is 28.5. The van der Waals surface area contributed by atoms with E-state index in [1.165, 1.54) is 0 Å². The highest BCUT2D eigenvalue weighted by Crippen LogP contribution is 2.41. The third-order valence-electron chi connectivity index (χ3n) is 7.11. The summed E-state index contributed by atoms with van der Waals surface area (Å²) >= 11 is 0. The molecule has 1 saturated heterocycles. The normalized spacial score (nSPS) is 19.8. The number of carboxylic acids is 1. The van der Waals surface area contributed by atoms with E-state index in [1.807, 2.05) is 18.7 Å². The minimum atomic E-state index is -5.08. The number of hydrogen-bond donors (Lipinski definition) is 2. The molecule has 39 heavy (non-hydrogen) atoms. The Bertz CT molecular complexity index is 1330. The molecule has 3 aliphatic rings. The van der Waals surface area contributed by atoms with Gasteiger partial charge < -0.3 is 20.2 Å². The van der Waals surface area contributed by atoms with Gasteiger partial charge >= 0.3 is 18.2 Å². The summed E-state index contributed by atoms with van der Waals surface area (Å²) in [4.78, 5) is 60.1. The standard InChI is InChI=1S/C23H28N6O3.C2HF3O2/c1-15(2)25-22(32)28-11-6-23(14-28)7-12-29-20(31)17-13-27(10-5-18(17)26-21(23)29)19(30)16-3-8-24-9-4-16;3-2(4,5)1(6)7/h3-4,8-9,15H,5-7,10-14H2,1-2H3,(H,25,32);(H,6,7). The zero-order valence-electron chi connectivity index (χ0n) is 21.5. The molecule has 1 unspecified atom stereocenters. The number of nitrogens with zero attached hydrogens (tertiary/aromatic N) is 5. The van der Waals surface area contributed by atoms with Gasteiger partial charge in [0.15, 0.2) is 0 Å². The second-order valence-electron chi connectivity index (χ2n) is 10.1. The van der Waals surface area contributed by atoms with Gasteiger partial charge in [-0.3, -0.25) is 19.1 Å². The van der Waals surface area contributed by atoms with Gasteiger partial charge in [-0.1, -0.05) is 0 Å². The average Bonchev–Trinajstić information content (AvgIpc) is 3.48. The van der Waals surface area contributed by atoms with Crippen LogP contribution in [0.15, 0.2) is 29.3 Å². The Hall–Kier alpha value is -3.97. The summed E-state index contributed by atoms with van der Waals surface area (Å²) in [5.41, 5.74) is 1.69. The van der Waals surface area contributed by atoms with Crippen LogP contribution < -0.4 is 10.9 Å². The molecule has 2 N–H and O–H groups in total.